The van der Waals surface area contributed by atoms with Crippen molar-refractivity contribution in [3.63, 3.8) is 0 Å². The van der Waals surface area contributed by atoms with E-state index in [1.165, 1.54) is 0 Å². The average Bonchev–Trinajstić information content (AvgIpc) is 2.15. The molecule has 1 atom stereocenters. The fourth-order valence-electron chi connectivity index (χ4n) is 0.987. The minimum absolute atomic E-state index is 0. The maximum atomic E-state index is 10.8. The van der Waals surface area contributed by atoms with Crippen LogP contribution in [-0.4, -0.2) is 24.9 Å². The van der Waals surface area contributed by atoms with Crippen LogP contribution < -0.4 is 11.1 Å². The van der Waals surface area contributed by atoms with Gasteiger partial charge >= 0.3 is 0 Å². The van der Waals surface area contributed by atoms with Crippen molar-refractivity contribution in [1.82, 2.24) is 0 Å². The first-order valence-corrected chi connectivity index (χ1v) is 6.00. The van der Waals surface area contributed by atoms with Gasteiger partial charge in [0.25, 0.3) is 10.1 Å². The molecule has 5 nitrogen and oxygen atoms in total. The Balaban J connectivity index is 0.00000225. The Kier molecular flexibility index (Phi) is 6.06. The molecule has 1 aromatic carbocycles. The van der Waals surface area contributed by atoms with Crippen LogP contribution in [0.4, 0.5) is 5.69 Å². The number of hydrogen-bond donors (Lipinski definition) is 3. The van der Waals surface area contributed by atoms with E-state index in [-0.39, 0.29) is 19.0 Å². The van der Waals surface area contributed by atoms with Crippen molar-refractivity contribution >= 4 is 39.8 Å². The molecule has 0 aliphatic carbocycles. The lowest BCUT2D eigenvalue weighted by Gasteiger charge is -2.14. The van der Waals surface area contributed by atoms with Gasteiger partial charge in [0.15, 0.2) is 5.37 Å². The van der Waals surface area contributed by atoms with Crippen molar-refractivity contribution in [2.75, 3.05) is 11.9 Å². The van der Waals surface area contributed by atoms with Crippen LogP contribution in [0.1, 0.15) is 0 Å². The number of nitrogens with one attached hydrogen (secondary N) is 1. The molecular formula is C8H12Cl2N2O3S. The molecule has 0 spiro atoms. The lowest BCUT2D eigenvalue weighted by molar-refractivity contribution is 0.472. The molecule has 1 aromatic rings. The zero-order valence-corrected chi connectivity index (χ0v) is 10.5. The zero-order valence-electron chi connectivity index (χ0n) is 8.13. The third kappa shape index (κ3) is 4.54. The second-order valence-corrected chi connectivity index (χ2v) is 4.93. The van der Waals surface area contributed by atoms with E-state index >= 15 is 0 Å². The molecule has 0 fully saturated rings. The van der Waals surface area contributed by atoms with Gasteiger partial charge in [-0.3, -0.25) is 4.55 Å². The quantitative estimate of drug-likeness (QED) is 0.727. The Bertz CT molecular complexity index is 421. The summed E-state index contributed by atoms with van der Waals surface area (Å²) in [4.78, 5) is 0. The lowest BCUT2D eigenvalue weighted by atomic mass is 10.3. The first kappa shape index (κ1) is 15.5. The normalized spacial score (nSPS) is 12.7. The van der Waals surface area contributed by atoms with Crippen LogP contribution in [0.3, 0.4) is 0 Å². The third-order valence-corrected chi connectivity index (χ3v) is 3.03. The van der Waals surface area contributed by atoms with Crippen LogP contribution in [0.15, 0.2) is 24.3 Å². The highest BCUT2D eigenvalue weighted by Crippen LogP contribution is 2.15. The Morgan fingerprint density at radius 2 is 1.88 bits per heavy atom. The topological polar surface area (TPSA) is 92.4 Å². The van der Waals surface area contributed by atoms with Gasteiger partial charge in [0, 0.05) is 17.3 Å². The molecule has 4 N–H and O–H groups in total. The van der Waals surface area contributed by atoms with Crippen LogP contribution in [0, 0.1) is 0 Å². The van der Waals surface area contributed by atoms with Crippen LogP contribution in [0.25, 0.3) is 0 Å². The van der Waals surface area contributed by atoms with E-state index in [2.05, 4.69) is 5.32 Å². The summed E-state index contributed by atoms with van der Waals surface area (Å²) in [7, 11) is -4.19. The second kappa shape index (κ2) is 6.27. The maximum absolute atomic E-state index is 10.8. The summed E-state index contributed by atoms with van der Waals surface area (Å²) in [5.41, 5.74) is 5.73. The number of anilines is 1. The summed E-state index contributed by atoms with van der Waals surface area (Å²) in [5, 5.41) is 1.90. The fourth-order valence-corrected chi connectivity index (χ4v) is 1.64. The molecule has 0 bridgehead atoms. The zero-order chi connectivity index (χ0) is 11.5. The molecule has 0 aliphatic rings. The summed E-state index contributed by atoms with van der Waals surface area (Å²) in [6.45, 7) is -0.221. The van der Waals surface area contributed by atoms with Gasteiger partial charge in [-0.15, -0.1) is 12.4 Å². The SMILES string of the molecule is Cl.NCC(Nc1ccc(Cl)cc1)S(=O)(=O)O. The smallest absolute Gasteiger partial charge is 0.287 e. The van der Waals surface area contributed by atoms with Crippen molar-refractivity contribution in [3.05, 3.63) is 29.3 Å². The Morgan fingerprint density at radius 1 is 1.38 bits per heavy atom. The second-order valence-electron chi connectivity index (χ2n) is 2.89. The van der Waals surface area contributed by atoms with Gasteiger partial charge in [0.1, 0.15) is 0 Å². The van der Waals surface area contributed by atoms with Gasteiger partial charge in [-0.05, 0) is 24.3 Å². The summed E-state index contributed by atoms with van der Waals surface area (Å²) in [5.74, 6) is 0. The molecule has 0 aromatic heterocycles. The number of nitrogens with two attached hydrogens (primary N) is 1. The Labute approximate surface area is 105 Å². The number of rotatable bonds is 4. The Morgan fingerprint density at radius 3 is 2.25 bits per heavy atom. The first-order valence-electron chi connectivity index (χ1n) is 4.12. The van der Waals surface area contributed by atoms with Gasteiger partial charge in [-0.2, -0.15) is 8.42 Å². The standard InChI is InChI=1S/C8H11ClN2O3S.ClH/c9-6-1-3-7(4-2-6)11-8(5-10)15(12,13)14;/h1-4,8,11H,5,10H2,(H,12,13,14);1H. The van der Waals surface area contributed by atoms with Crippen LogP contribution in [0.5, 0.6) is 0 Å². The van der Waals surface area contributed by atoms with Crippen molar-refractivity contribution in [2.24, 2.45) is 5.73 Å². The molecule has 0 saturated heterocycles. The molecular weight excluding hydrogens is 275 g/mol. The molecule has 92 valence electrons. The molecule has 0 radical (unpaired) electrons. The van der Waals surface area contributed by atoms with Crippen molar-refractivity contribution in [2.45, 2.75) is 5.37 Å². The Hall–Kier alpha value is -0.530. The summed E-state index contributed by atoms with van der Waals surface area (Å²) in [6.07, 6.45) is 0. The highest BCUT2D eigenvalue weighted by atomic mass is 35.5. The molecule has 16 heavy (non-hydrogen) atoms. The minimum atomic E-state index is -4.19. The molecule has 0 heterocycles. The summed E-state index contributed by atoms with van der Waals surface area (Å²) < 4.78 is 30.4. The van der Waals surface area contributed by atoms with E-state index < -0.39 is 15.5 Å². The highest BCUT2D eigenvalue weighted by Gasteiger charge is 2.20. The number of hydrogen-bond acceptors (Lipinski definition) is 4. The third-order valence-electron chi connectivity index (χ3n) is 1.75. The van der Waals surface area contributed by atoms with Gasteiger partial charge in [0.05, 0.1) is 0 Å². The van der Waals surface area contributed by atoms with Crippen molar-refractivity contribution in [1.29, 1.82) is 0 Å². The van der Waals surface area contributed by atoms with Crippen LogP contribution in [-0.2, 0) is 10.1 Å². The van der Waals surface area contributed by atoms with E-state index in [1.54, 1.807) is 24.3 Å². The first-order chi connectivity index (χ1) is 6.93. The predicted octanol–water partition coefficient (Wildman–Crippen LogP) is 1.35. The predicted molar refractivity (Wildman–Crippen MR) is 66.7 cm³/mol. The summed E-state index contributed by atoms with van der Waals surface area (Å²) in [6, 6.07) is 6.38. The molecule has 1 rings (SSSR count). The number of benzene rings is 1. The van der Waals surface area contributed by atoms with Crippen molar-refractivity contribution < 1.29 is 13.0 Å². The molecule has 1 unspecified atom stereocenters. The highest BCUT2D eigenvalue weighted by molar-refractivity contribution is 7.86. The van der Waals surface area contributed by atoms with Gasteiger partial charge in [-0.1, -0.05) is 11.6 Å². The van der Waals surface area contributed by atoms with Gasteiger partial charge in [-0.25, -0.2) is 0 Å². The van der Waals surface area contributed by atoms with Gasteiger partial charge in [0.2, 0.25) is 0 Å². The van der Waals surface area contributed by atoms with E-state index in [1.807, 2.05) is 0 Å². The molecule has 0 saturated carbocycles. The molecule has 0 aliphatic heterocycles. The van der Waals surface area contributed by atoms with Crippen LogP contribution >= 0.6 is 24.0 Å². The van der Waals surface area contributed by atoms with E-state index in [9.17, 15) is 8.42 Å². The van der Waals surface area contributed by atoms with Crippen LogP contribution in [0.2, 0.25) is 5.02 Å². The lowest BCUT2D eigenvalue weighted by Crippen LogP contribution is -2.36. The number of halogens is 2. The largest absolute Gasteiger partial charge is 0.366 e. The van der Waals surface area contributed by atoms with Gasteiger partial charge < -0.3 is 11.1 Å². The maximum Gasteiger partial charge on any atom is 0.287 e. The molecule has 8 heteroatoms. The van der Waals surface area contributed by atoms with E-state index in [4.69, 9.17) is 21.9 Å². The average molecular weight is 287 g/mol. The minimum Gasteiger partial charge on any atom is -0.366 e. The summed E-state index contributed by atoms with van der Waals surface area (Å²) >= 11 is 5.65. The van der Waals surface area contributed by atoms with E-state index in [0.29, 0.717) is 10.7 Å². The monoisotopic (exact) mass is 286 g/mol. The molecule has 0 amide bonds. The fraction of sp³-hybridized carbons (Fsp3) is 0.250. The van der Waals surface area contributed by atoms with Crippen molar-refractivity contribution in [3.8, 4) is 0 Å². The van der Waals surface area contributed by atoms with E-state index in [0.717, 1.165) is 0 Å².